The minimum absolute atomic E-state index is 0.371. The molecule has 0 amide bonds. The summed E-state index contributed by atoms with van der Waals surface area (Å²) in [5.41, 5.74) is 0. The lowest BCUT2D eigenvalue weighted by atomic mass is 10.3. The van der Waals surface area contributed by atoms with Gasteiger partial charge in [-0.2, -0.15) is 0 Å². The fourth-order valence-electron chi connectivity index (χ4n) is 1.28. The van der Waals surface area contributed by atoms with Crippen LogP contribution in [0.4, 0.5) is 0 Å². The van der Waals surface area contributed by atoms with E-state index < -0.39 is 0 Å². The highest BCUT2D eigenvalue weighted by molar-refractivity contribution is 5.20. The molecule has 1 rings (SSSR count). The molecular weight excluding hydrogens is 190 g/mol. The van der Waals surface area contributed by atoms with Crippen molar-refractivity contribution >= 4 is 0 Å². The second-order valence-corrected chi connectivity index (χ2v) is 3.53. The molecule has 0 aliphatic rings. The summed E-state index contributed by atoms with van der Waals surface area (Å²) in [5, 5.41) is 9.49. The predicted octanol–water partition coefficient (Wildman–Crippen LogP) is 1.73. The number of rotatable bonds is 6. The molecule has 0 aromatic heterocycles. The summed E-state index contributed by atoms with van der Waals surface area (Å²) < 4.78 is 5.52. The van der Waals surface area contributed by atoms with Gasteiger partial charge >= 0.3 is 0 Å². The molecule has 84 valence electrons. The van der Waals surface area contributed by atoms with Crippen molar-refractivity contribution in [3.8, 4) is 5.75 Å². The topological polar surface area (TPSA) is 32.7 Å². The Morgan fingerprint density at radius 2 is 2.00 bits per heavy atom. The summed E-state index contributed by atoms with van der Waals surface area (Å²) in [5.74, 6) is 0.872. The van der Waals surface area contributed by atoms with E-state index in [1.165, 1.54) is 0 Å². The summed E-state index contributed by atoms with van der Waals surface area (Å²) >= 11 is 0. The van der Waals surface area contributed by atoms with Gasteiger partial charge in [0.1, 0.15) is 18.6 Å². The van der Waals surface area contributed by atoms with E-state index in [9.17, 15) is 5.11 Å². The van der Waals surface area contributed by atoms with Crippen LogP contribution in [0.5, 0.6) is 5.75 Å². The molecule has 0 radical (unpaired) electrons. The average Bonchev–Trinajstić information content (AvgIpc) is 2.29. The normalized spacial score (nSPS) is 12.8. The Bertz CT molecular complexity index is 264. The number of ether oxygens (including phenoxy) is 1. The largest absolute Gasteiger partial charge is 0.492 e. The van der Waals surface area contributed by atoms with Crippen LogP contribution in [0, 0.1) is 0 Å². The van der Waals surface area contributed by atoms with Crippen LogP contribution in [0.2, 0.25) is 0 Å². The number of benzene rings is 1. The maximum atomic E-state index is 9.49. The molecule has 0 bridgehead atoms. The van der Waals surface area contributed by atoms with Gasteiger partial charge in [0.25, 0.3) is 0 Å². The molecule has 1 aromatic rings. The van der Waals surface area contributed by atoms with Gasteiger partial charge in [-0.25, -0.2) is 0 Å². The smallest absolute Gasteiger partial charge is 0.119 e. The van der Waals surface area contributed by atoms with Crippen molar-refractivity contribution in [2.75, 3.05) is 20.2 Å². The number of hydrogen-bond acceptors (Lipinski definition) is 3. The number of aliphatic hydroxyl groups is 1. The van der Waals surface area contributed by atoms with Crippen LogP contribution in [0.3, 0.4) is 0 Å². The summed E-state index contributed by atoms with van der Waals surface area (Å²) in [6, 6.07) is 9.70. The summed E-state index contributed by atoms with van der Waals surface area (Å²) in [4.78, 5) is 1.88. The number of hydrogen-bond donors (Lipinski definition) is 1. The van der Waals surface area contributed by atoms with Gasteiger partial charge in [0.15, 0.2) is 0 Å². The molecular formula is C12H19NO2. The van der Waals surface area contributed by atoms with E-state index in [1.54, 1.807) is 0 Å². The van der Waals surface area contributed by atoms with Crippen LogP contribution in [0.15, 0.2) is 30.3 Å². The van der Waals surface area contributed by atoms with Crippen molar-refractivity contribution < 1.29 is 9.84 Å². The molecule has 0 spiro atoms. The zero-order valence-electron chi connectivity index (χ0n) is 9.39. The molecule has 0 fully saturated rings. The molecule has 0 aliphatic carbocycles. The Kier molecular flexibility index (Phi) is 5.15. The Balaban J connectivity index is 2.22. The third-order valence-corrected chi connectivity index (χ3v) is 2.33. The van der Waals surface area contributed by atoms with E-state index in [0.29, 0.717) is 6.61 Å². The van der Waals surface area contributed by atoms with Crippen LogP contribution in [-0.2, 0) is 0 Å². The highest BCUT2D eigenvalue weighted by Gasteiger charge is 2.07. The van der Waals surface area contributed by atoms with Crippen LogP contribution in [-0.4, -0.2) is 36.4 Å². The van der Waals surface area contributed by atoms with E-state index in [4.69, 9.17) is 4.74 Å². The molecule has 0 saturated heterocycles. The SMILES string of the molecule is CCC(O)N(C)CCOc1ccccc1. The molecule has 3 heteroatoms. The van der Waals surface area contributed by atoms with E-state index >= 15 is 0 Å². The first-order valence-electron chi connectivity index (χ1n) is 5.30. The van der Waals surface area contributed by atoms with Gasteiger partial charge in [-0.05, 0) is 25.6 Å². The van der Waals surface area contributed by atoms with E-state index in [-0.39, 0.29) is 6.23 Å². The van der Waals surface area contributed by atoms with Crippen molar-refractivity contribution in [2.24, 2.45) is 0 Å². The van der Waals surface area contributed by atoms with E-state index in [1.807, 2.05) is 49.2 Å². The maximum absolute atomic E-state index is 9.49. The van der Waals surface area contributed by atoms with Crippen molar-refractivity contribution in [2.45, 2.75) is 19.6 Å². The molecule has 0 aliphatic heterocycles. The highest BCUT2D eigenvalue weighted by Crippen LogP contribution is 2.08. The number of aliphatic hydroxyl groups excluding tert-OH is 1. The molecule has 1 atom stereocenters. The van der Waals surface area contributed by atoms with Gasteiger partial charge in [-0.3, -0.25) is 4.90 Å². The Morgan fingerprint density at radius 1 is 1.33 bits per heavy atom. The summed E-state index contributed by atoms with van der Waals surface area (Å²) in [7, 11) is 1.89. The molecule has 15 heavy (non-hydrogen) atoms. The number of likely N-dealkylation sites (N-methyl/N-ethyl adjacent to an activating group) is 1. The number of para-hydroxylation sites is 1. The second-order valence-electron chi connectivity index (χ2n) is 3.53. The first-order valence-corrected chi connectivity index (χ1v) is 5.30. The molecule has 0 heterocycles. The third kappa shape index (κ3) is 4.32. The molecule has 3 nitrogen and oxygen atoms in total. The van der Waals surface area contributed by atoms with Crippen LogP contribution < -0.4 is 4.74 Å². The van der Waals surface area contributed by atoms with Gasteiger partial charge in [0, 0.05) is 6.54 Å². The third-order valence-electron chi connectivity index (χ3n) is 2.33. The molecule has 1 N–H and O–H groups in total. The summed E-state index contributed by atoms with van der Waals surface area (Å²) in [6.07, 6.45) is 0.367. The average molecular weight is 209 g/mol. The van der Waals surface area contributed by atoms with Gasteiger partial charge in [-0.15, -0.1) is 0 Å². The highest BCUT2D eigenvalue weighted by atomic mass is 16.5. The molecule has 1 aromatic carbocycles. The van der Waals surface area contributed by atoms with Crippen molar-refractivity contribution in [1.29, 1.82) is 0 Å². The summed E-state index contributed by atoms with van der Waals surface area (Å²) in [6.45, 7) is 3.28. The predicted molar refractivity (Wildman–Crippen MR) is 60.9 cm³/mol. The van der Waals surface area contributed by atoms with Crippen molar-refractivity contribution in [3.63, 3.8) is 0 Å². The first-order chi connectivity index (χ1) is 7.24. The molecule has 1 unspecified atom stereocenters. The zero-order valence-corrected chi connectivity index (χ0v) is 9.39. The van der Waals surface area contributed by atoms with Crippen LogP contribution in [0.25, 0.3) is 0 Å². The lowest BCUT2D eigenvalue weighted by molar-refractivity contribution is 0.0125. The monoisotopic (exact) mass is 209 g/mol. The fraction of sp³-hybridized carbons (Fsp3) is 0.500. The Hall–Kier alpha value is -1.06. The Labute approximate surface area is 91.3 Å². The standard InChI is InChI=1S/C12H19NO2/c1-3-12(14)13(2)9-10-15-11-7-5-4-6-8-11/h4-8,12,14H,3,9-10H2,1-2H3. The van der Waals surface area contributed by atoms with E-state index in [2.05, 4.69) is 0 Å². The molecule has 0 saturated carbocycles. The minimum atomic E-state index is -0.371. The van der Waals surface area contributed by atoms with Gasteiger partial charge in [-0.1, -0.05) is 25.1 Å². The van der Waals surface area contributed by atoms with E-state index in [0.717, 1.165) is 18.7 Å². The quantitative estimate of drug-likeness (QED) is 0.724. The van der Waals surface area contributed by atoms with Gasteiger partial charge < -0.3 is 9.84 Å². The first kappa shape index (κ1) is 12.0. The number of nitrogens with zero attached hydrogens (tertiary/aromatic N) is 1. The van der Waals surface area contributed by atoms with Crippen molar-refractivity contribution in [3.05, 3.63) is 30.3 Å². The van der Waals surface area contributed by atoms with Gasteiger partial charge in [0.2, 0.25) is 0 Å². The maximum Gasteiger partial charge on any atom is 0.119 e. The zero-order chi connectivity index (χ0) is 11.1. The Morgan fingerprint density at radius 3 is 2.60 bits per heavy atom. The minimum Gasteiger partial charge on any atom is -0.492 e. The van der Waals surface area contributed by atoms with Crippen LogP contribution in [0.1, 0.15) is 13.3 Å². The lowest BCUT2D eigenvalue weighted by Crippen LogP contribution is -2.34. The van der Waals surface area contributed by atoms with Gasteiger partial charge in [0.05, 0.1) is 0 Å². The van der Waals surface area contributed by atoms with Crippen molar-refractivity contribution in [1.82, 2.24) is 4.90 Å². The fourth-order valence-corrected chi connectivity index (χ4v) is 1.28. The lowest BCUT2D eigenvalue weighted by Gasteiger charge is -2.21. The van der Waals surface area contributed by atoms with Crippen LogP contribution >= 0.6 is 0 Å². The second kappa shape index (κ2) is 6.43.